The highest BCUT2D eigenvalue weighted by molar-refractivity contribution is 5.98. The number of hydrogen-bond acceptors (Lipinski definition) is 6. The minimum absolute atomic E-state index is 0.173. The van der Waals surface area contributed by atoms with Crippen LogP contribution in [0.25, 0.3) is 10.9 Å². The highest BCUT2D eigenvalue weighted by Crippen LogP contribution is 2.35. The first kappa shape index (κ1) is 20.9. The van der Waals surface area contributed by atoms with Gasteiger partial charge in [0.2, 0.25) is 0 Å². The molecule has 0 amide bonds. The largest absolute Gasteiger partial charge is 0.495 e. The Kier molecular flexibility index (Phi) is 6.62. The van der Waals surface area contributed by atoms with Gasteiger partial charge in [0.05, 0.1) is 23.9 Å². The number of Topliss-reactive ketones (excluding diaryl/α,β-unsaturated/α-hetero) is 1. The quantitative estimate of drug-likeness (QED) is 0.521. The number of anilines is 1. The van der Waals surface area contributed by atoms with Crippen molar-refractivity contribution in [1.29, 1.82) is 0 Å². The Hall–Kier alpha value is -2.38. The van der Waals surface area contributed by atoms with Crippen molar-refractivity contribution in [2.24, 2.45) is 0 Å². The van der Waals surface area contributed by atoms with E-state index in [1.54, 1.807) is 32.0 Å². The molecular weight excluding hydrogens is 348 g/mol. The molecule has 0 saturated heterocycles. The standard InChI is InChI=1S/C20H28N2O5/c1-8-21-17-11-18(22(13(3)25-5)14(4)26-6)19(27-7)10-15(17)9-16(12(2)23)20(21)24/h9-11,13-14H,8H2,1-7H3. The fourth-order valence-corrected chi connectivity index (χ4v) is 3.24. The lowest BCUT2D eigenvalue weighted by molar-refractivity contribution is 0.0423. The van der Waals surface area contributed by atoms with E-state index in [0.717, 1.165) is 16.6 Å². The first-order valence-corrected chi connectivity index (χ1v) is 8.91. The number of rotatable bonds is 8. The molecule has 7 heteroatoms. The number of carbonyl (C=O) groups is 1. The van der Waals surface area contributed by atoms with Gasteiger partial charge in [-0.15, -0.1) is 0 Å². The van der Waals surface area contributed by atoms with Crippen LogP contribution in [0.1, 0.15) is 38.1 Å². The zero-order chi connectivity index (χ0) is 20.3. The number of ether oxygens (including phenoxy) is 3. The summed E-state index contributed by atoms with van der Waals surface area (Å²) in [5.41, 5.74) is 1.34. The fourth-order valence-electron chi connectivity index (χ4n) is 3.24. The Bertz CT molecular complexity index is 880. The monoisotopic (exact) mass is 376 g/mol. The van der Waals surface area contributed by atoms with E-state index in [4.69, 9.17) is 14.2 Å². The zero-order valence-corrected chi connectivity index (χ0v) is 17.0. The van der Waals surface area contributed by atoms with Gasteiger partial charge in [0.25, 0.3) is 5.56 Å². The number of fused-ring (bicyclic) bond motifs is 1. The van der Waals surface area contributed by atoms with Crippen LogP contribution in [0.4, 0.5) is 5.69 Å². The van der Waals surface area contributed by atoms with Crippen LogP contribution in [-0.4, -0.2) is 44.1 Å². The van der Waals surface area contributed by atoms with E-state index in [1.165, 1.54) is 6.92 Å². The van der Waals surface area contributed by atoms with Crippen molar-refractivity contribution in [2.75, 3.05) is 26.2 Å². The highest BCUT2D eigenvalue weighted by Gasteiger charge is 2.25. The van der Waals surface area contributed by atoms with Crippen molar-refractivity contribution >= 4 is 22.4 Å². The lowest BCUT2D eigenvalue weighted by atomic mass is 10.1. The minimum atomic E-state index is -0.292. The molecule has 0 aliphatic heterocycles. The number of carbonyl (C=O) groups excluding carboxylic acids is 1. The van der Waals surface area contributed by atoms with Crippen molar-refractivity contribution in [3.63, 3.8) is 0 Å². The van der Waals surface area contributed by atoms with Gasteiger partial charge in [-0.25, -0.2) is 0 Å². The second-order valence-electron chi connectivity index (χ2n) is 6.32. The third-order valence-corrected chi connectivity index (χ3v) is 4.83. The predicted molar refractivity (Wildman–Crippen MR) is 106 cm³/mol. The third-order valence-electron chi connectivity index (χ3n) is 4.83. The van der Waals surface area contributed by atoms with Gasteiger partial charge in [-0.2, -0.15) is 0 Å². The van der Waals surface area contributed by atoms with Crippen LogP contribution in [0.3, 0.4) is 0 Å². The van der Waals surface area contributed by atoms with Crippen LogP contribution in [0.5, 0.6) is 5.75 Å². The summed E-state index contributed by atoms with van der Waals surface area (Å²) in [5.74, 6) is 0.348. The van der Waals surface area contributed by atoms with Gasteiger partial charge >= 0.3 is 0 Å². The summed E-state index contributed by atoms with van der Waals surface area (Å²) in [6, 6.07) is 5.34. The molecule has 2 rings (SSSR count). The Morgan fingerprint density at radius 2 is 1.70 bits per heavy atom. The van der Waals surface area contributed by atoms with Gasteiger partial charge in [0, 0.05) is 26.2 Å². The molecule has 7 nitrogen and oxygen atoms in total. The molecule has 2 aromatic rings. The maximum Gasteiger partial charge on any atom is 0.261 e. The summed E-state index contributed by atoms with van der Waals surface area (Å²) < 4.78 is 18.2. The molecule has 0 N–H and O–H groups in total. The maximum absolute atomic E-state index is 12.7. The van der Waals surface area contributed by atoms with Crippen LogP contribution in [0.2, 0.25) is 0 Å². The first-order chi connectivity index (χ1) is 12.8. The minimum Gasteiger partial charge on any atom is -0.495 e. The van der Waals surface area contributed by atoms with Crippen molar-refractivity contribution in [3.05, 3.63) is 34.1 Å². The van der Waals surface area contributed by atoms with Crippen molar-refractivity contribution in [1.82, 2.24) is 4.57 Å². The van der Waals surface area contributed by atoms with Gasteiger partial charge in [-0.1, -0.05) is 0 Å². The van der Waals surface area contributed by atoms with Gasteiger partial charge < -0.3 is 23.7 Å². The van der Waals surface area contributed by atoms with E-state index < -0.39 is 0 Å². The SMILES string of the molecule is CCn1c(=O)c(C(C)=O)cc2cc(OC)c(N(C(C)OC)C(C)OC)cc21. The number of ketones is 1. The molecule has 0 bridgehead atoms. The first-order valence-electron chi connectivity index (χ1n) is 8.91. The molecule has 0 fully saturated rings. The molecule has 0 radical (unpaired) electrons. The summed E-state index contributed by atoms with van der Waals surface area (Å²) in [6.45, 7) is 7.54. The van der Waals surface area contributed by atoms with Crippen molar-refractivity contribution in [3.8, 4) is 5.75 Å². The Morgan fingerprint density at radius 1 is 1.11 bits per heavy atom. The summed E-state index contributed by atoms with van der Waals surface area (Å²) in [6.07, 6.45) is -0.575. The van der Waals surface area contributed by atoms with E-state index in [0.29, 0.717) is 12.3 Å². The summed E-state index contributed by atoms with van der Waals surface area (Å²) in [7, 11) is 4.82. The molecule has 1 heterocycles. The van der Waals surface area contributed by atoms with Gasteiger partial charge in [0.1, 0.15) is 18.2 Å². The Morgan fingerprint density at radius 3 is 2.15 bits per heavy atom. The number of nitrogens with zero attached hydrogens (tertiary/aromatic N) is 2. The summed E-state index contributed by atoms with van der Waals surface area (Å²) in [5, 5.41) is 0.761. The topological polar surface area (TPSA) is 70.0 Å². The average Bonchev–Trinajstić information content (AvgIpc) is 2.66. The number of pyridine rings is 1. The van der Waals surface area contributed by atoms with E-state index in [1.807, 2.05) is 37.8 Å². The normalized spacial score (nSPS) is 13.4. The van der Waals surface area contributed by atoms with Gasteiger partial charge in [0.15, 0.2) is 5.78 Å². The zero-order valence-electron chi connectivity index (χ0n) is 17.0. The fraction of sp³-hybridized carbons (Fsp3) is 0.500. The van der Waals surface area contributed by atoms with Crippen LogP contribution in [0.15, 0.2) is 23.0 Å². The second-order valence-corrected chi connectivity index (χ2v) is 6.32. The lowest BCUT2D eigenvalue weighted by Gasteiger charge is -2.35. The number of aromatic nitrogens is 1. The third kappa shape index (κ3) is 3.84. The van der Waals surface area contributed by atoms with E-state index >= 15 is 0 Å². The van der Waals surface area contributed by atoms with Crippen LogP contribution in [0, 0.1) is 0 Å². The smallest absolute Gasteiger partial charge is 0.261 e. The average molecular weight is 376 g/mol. The summed E-state index contributed by atoms with van der Waals surface area (Å²) in [4.78, 5) is 26.5. The molecular formula is C20H28N2O5. The molecule has 0 spiro atoms. The number of hydrogen-bond donors (Lipinski definition) is 0. The van der Waals surface area contributed by atoms with Gasteiger partial charge in [-0.3, -0.25) is 9.59 Å². The van der Waals surface area contributed by atoms with E-state index in [-0.39, 0.29) is 29.4 Å². The van der Waals surface area contributed by atoms with Gasteiger partial charge in [-0.05, 0) is 45.9 Å². The summed E-state index contributed by atoms with van der Waals surface area (Å²) >= 11 is 0. The number of methoxy groups -OCH3 is 3. The molecule has 1 aromatic heterocycles. The highest BCUT2D eigenvalue weighted by atomic mass is 16.5. The van der Waals surface area contributed by atoms with Crippen LogP contribution >= 0.6 is 0 Å². The second kappa shape index (κ2) is 8.54. The number of benzene rings is 1. The predicted octanol–water partition coefficient (Wildman–Crippen LogP) is 3.02. The Labute approximate surface area is 159 Å². The van der Waals surface area contributed by atoms with Crippen molar-refractivity contribution < 1.29 is 19.0 Å². The molecule has 0 aliphatic rings. The number of aryl methyl sites for hydroxylation is 1. The molecule has 27 heavy (non-hydrogen) atoms. The van der Waals surface area contributed by atoms with Crippen molar-refractivity contribution in [2.45, 2.75) is 46.7 Å². The molecule has 0 saturated carbocycles. The van der Waals surface area contributed by atoms with E-state index in [2.05, 4.69) is 0 Å². The van der Waals surface area contributed by atoms with E-state index in [9.17, 15) is 9.59 Å². The molecule has 2 unspecified atom stereocenters. The lowest BCUT2D eigenvalue weighted by Crippen LogP contribution is -2.42. The molecule has 0 aliphatic carbocycles. The molecule has 1 aromatic carbocycles. The molecule has 148 valence electrons. The van der Waals surface area contributed by atoms with Crippen LogP contribution in [-0.2, 0) is 16.0 Å². The molecule has 2 atom stereocenters. The van der Waals surface area contributed by atoms with Crippen LogP contribution < -0.4 is 15.2 Å². The maximum atomic E-state index is 12.7. The Balaban J connectivity index is 2.87.